The predicted octanol–water partition coefficient (Wildman–Crippen LogP) is 2.37. The van der Waals surface area contributed by atoms with E-state index in [9.17, 15) is 9.59 Å². The molecule has 28 heavy (non-hydrogen) atoms. The highest BCUT2D eigenvalue weighted by atomic mass is 16.5. The molecule has 146 valence electrons. The van der Waals surface area contributed by atoms with Crippen molar-refractivity contribution < 1.29 is 19.1 Å². The number of methoxy groups -OCH3 is 1. The van der Waals surface area contributed by atoms with Crippen LogP contribution in [0.15, 0.2) is 47.2 Å². The molecule has 1 aromatic rings. The molecule has 0 aromatic heterocycles. The zero-order valence-electron chi connectivity index (χ0n) is 16.3. The minimum absolute atomic E-state index is 0.00431. The highest BCUT2D eigenvalue weighted by Crippen LogP contribution is 2.61. The number of esters is 2. The van der Waals surface area contributed by atoms with E-state index in [1.807, 2.05) is 31.2 Å². The summed E-state index contributed by atoms with van der Waals surface area (Å²) in [5.41, 5.74) is 4.46. The summed E-state index contributed by atoms with van der Waals surface area (Å²) in [6.45, 7) is 5.09. The summed E-state index contributed by atoms with van der Waals surface area (Å²) in [5.74, 6) is -0.957. The van der Waals surface area contributed by atoms with Gasteiger partial charge < -0.3 is 14.8 Å². The van der Waals surface area contributed by atoms with Crippen LogP contribution in [0, 0.1) is 5.92 Å². The van der Waals surface area contributed by atoms with Crippen LogP contribution in [0.25, 0.3) is 0 Å². The first-order valence-electron chi connectivity index (χ1n) is 9.78. The molecule has 4 atom stereocenters. The lowest BCUT2D eigenvalue weighted by atomic mass is 9.60. The molecule has 2 saturated heterocycles. The van der Waals surface area contributed by atoms with Crippen molar-refractivity contribution in [1.82, 2.24) is 4.90 Å². The number of ether oxygens (including phenoxy) is 2. The van der Waals surface area contributed by atoms with Gasteiger partial charge in [-0.1, -0.05) is 24.3 Å². The Morgan fingerprint density at radius 2 is 2.11 bits per heavy atom. The molecule has 1 unspecified atom stereocenters. The van der Waals surface area contributed by atoms with E-state index in [4.69, 9.17) is 9.47 Å². The highest BCUT2D eigenvalue weighted by molar-refractivity contribution is 5.94. The van der Waals surface area contributed by atoms with Gasteiger partial charge in [0, 0.05) is 31.4 Å². The van der Waals surface area contributed by atoms with Gasteiger partial charge in [-0.25, -0.2) is 4.79 Å². The Kier molecular flexibility index (Phi) is 3.72. The van der Waals surface area contributed by atoms with Crippen molar-refractivity contribution in [2.45, 2.75) is 37.8 Å². The fourth-order valence-electron chi connectivity index (χ4n) is 5.99. The van der Waals surface area contributed by atoms with Gasteiger partial charge in [-0.15, -0.1) is 0 Å². The maximum absolute atomic E-state index is 13.0. The Bertz CT molecular complexity index is 950. The van der Waals surface area contributed by atoms with E-state index in [-0.39, 0.29) is 29.3 Å². The van der Waals surface area contributed by atoms with Crippen LogP contribution in [0.4, 0.5) is 5.69 Å². The Labute approximate surface area is 164 Å². The van der Waals surface area contributed by atoms with Crippen molar-refractivity contribution >= 4 is 17.6 Å². The average molecular weight is 380 g/mol. The molecule has 3 aliphatic heterocycles. The first kappa shape index (κ1) is 17.5. The quantitative estimate of drug-likeness (QED) is 0.628. The lowest BCUT2D eigenvalue weighted by Gasteiger charge is -2.52. The Morgan fingerprint density at radius 1 is 1.32 bits per heavy atom. The average Bonchev–Trinajstić information content (AvgIpc) is 3.24. The molecule has 1 aliphatic carbocycles. The van der Waals surface area contributed by atoms with Gasteiger partial charge in [0.25, 0.3) is 0 Å². The number of carbonyl (C=O) groups excluding carboxylic acids is 2. The SMILES string of the molecule is C/C=C1\CN2CC[C@]34C(=C(C(=O)OC)[C@H]1C(OC(C)=O)[C@H]23)Nc1ccccc14. The second-order valence-corrected chi connectivity index (χ2v) is 8.00. The van der Waals surface area contributed by atoms with E-state index in [1.54, 1.807) is 0 Å². The first-order chi connectivity index (χ1) is 13.5. The number of nitrogens with zero attached hydrogens (tertiary/aromatic N) is 1. The summed E-state index contributed by atoms with van der Waals surface area (Å²) in [5, 5.41) is 3.55. The Morgan fingerprint density at radius 3 is 2.82 bits per heavy atom. The van der Waals surface area contributed by atoms with Gasteiger partial charge in [0.05, 0.1) is 30.1 Å². The molecule has 1 spiro atoms. The number of nitrogens with one attached hydrogen (secondary N) is 1. The van der Waals surface area contributed by atoms with Crippen molar-refractivity contribution in [2.24, 2.45) is 5.92 Å². The van der Waals surface area contributed by atoms with E-state index >= 15 is 0 Å². The van der Waals surface area contributed by atoms with Crippen LogP contribution in [0.2, 0.25) is 0 Å². The third kappa shape index (κ3) is 2.01. The van der Waals surface area contributed by atoms with E-state index in [0.717, 1.165) is 36.5 Å². The molecule has 3 heterocycles. The summed E-state index contributed by atoms with van der Waals surface area (Å²) >= 11 is 0. The second-order valence-electron chi connectivity index (χ2n) is 8.00. The zero-order valence-corrected chi connectivity index (χ0v) is 16.3. The van der Waals surface area contributed by atoms with Crippen LogP contribution >= 0.6 is 0 Å². The number of rotatable bonds is 2. The van der Waals surface area contributed by atoms with E-state index in [0.29, 0.717) is 5.57 Å². The van der Waals surface area contributed by atoms with Crippen LogP contribution in [0.3, 0.4) is 0 Å². The fraction of sp³-hybridized carbons (Fsp3) is 0.455. The van der Waals surface area contributed by atoms with E-state index < -0.39 is 6.10 Å². The normalized spacial score (nSPS) is 34.0. The maximum atomic E-state index is 13.0. The summed E-state index contributed by atoms with van der Waals surface area (Å²) < 4.78 is 11.1. The summed E-state index contributed by atoms with van der Waals surface area (Å²) in [4.78, 5) is 27.5. The molecule has 5 rings (SSSR count). The van der Waals surface area contributed by atoms with Gasteiger partial charge in [0.15, 0.2) is 0 Å². The third-order valence-corrected chi connectivity index (χ3v) is 6.89. The number of para-hydroxylation sites is 1. The molecule has 6 nitrogen and oxygen atoms in total. The zero-order chi connectivity index (χ0) is 19.6. The monoisotopic (exact) mass is 380 g/mol. The summed E-state index contributed by atoms with van der Waals surface area (Å²) in [6, 6.07) is 8.21. The van der Waals surface area contributed by atoms with E-state index in [1.165, 1.54) is 19.6 Å². The fourth-order valence-corrected chi connectivity index (χ4v) is 5.99. The van der Waals surface area contributed by atoms with Gasteiger partial charge in [0.1, 0.15) is 6.10 Å². The molecule has 1 N–H and O–H groups in total. The first-order valence-corrected chi connectivity index (χ1v) is 9.78. The van der Waals surface area contributed by atoms with Crippen molar-refractivity contribution in [2.75, 3.05) is 25.5 Å². The molecular weight excluding hydrogens is 356 g/mol. The molecule has 4 aliphatic rings. The lowest BCUT2D eigenvalue weighted by Crippen LogP contribution is -2.63. The van der Waals surface area contributed by atoms with Crippen molar-refractivity contribution in [3.63, 3.8) is 0 Å². The summed E-state index contributed by atoms with van der Waals surface area (Å²) in [7, 11) is 1.41. The molecule has 2 fully saturated rings. The number of hydrogen-bond donors (Lipinski definition) is 1. The maximum Gasteiger partial charge on any atom is 0.336 e. The van der Waals surface area contributed by atoms with Crippen molar-refractivity contribution in [1.29, 1.82) is 0 Å². The minimum atomic E-state index is -0.411. The topological polar surface area (TPSA) is 67.9 Å². The van der Waals surface area contributed by atoms with E-state index in [2.05, 4.69) is 16.3 Å². The van der Waals surface area contributed by atoms with Crippen LogP contribution < -0.4 is 5.32 Å². The number of hydrogen-bond acceptors (Lipinski definition) is 6. The van der Waals surface area contributed by atoms with Gasteiger partial charge in [0.2, 0.25) is 0 Å². The molecule has 0 radical (unpaired) electrons. The molecule has 0 amide bonds. The van der Waals surface area contributed by atoms with Gasteiger partial charge in [-0.2, -0.15) is 0 Å². The Hall–Kier alpha value is -2.60. The Balaban J connectivity index is 1.84. The van der Waals surface area contributed by atoms with Crippen LogP contribution in [-0.2, 0) is 24.5 Å². The lowest BCUT2D eigenvalue weighted by molar-refractivity contribution is -0.156. The van der Waals surface area contributed by atoms with Gasteiger partial charge in [-0.05, 0) is 30.5 Å². The van der Waals surface area contributed by atoms with Gasteiger partial charge in [-0.3, -0.25) is 9.69 Å². The number of fused-ring (bicyclic) bond motifs is 2. The number of benzene rings is 1. The van der Waals surface area contributed by atoms with Crippen molar-refractivity contribution in [3.8, 4) is 0 Å². The predicted molar refractivity (Wildman–Crippen MR) is 104 cm³/mol. The standard InChI is InChI=1S/C22H24N2O4/c1-4-13-11-24-10-9-22-14-7-5-6-8-15(14)23-19(22)17(21(26)27-3)16(13)18(20(22)24)28-12(2)25/h4-8,16,18,20,23H,9-11H2,1-3H3/b13-4+/t16-,18?,20-,22-/m0/s1. The molecule has 2 bridgehead atoms. The van der Waals surface area contributed by atoms with Gasteiger partial charge >= 0.3 is 11.9 Å². The number of anilines is 1. The molecular formula is C22H24N2O4. The third-order valence-electron chi connectivity index (χ3n) is 6.89. The largest absolute Gasteiger partial charge is 0.466 e. The van der Waals surface area contributed by atoms with Crippen LogP contribution in [-0.4, -0.2) is 49.2 Å². The van der Waals surface area contributed by atoms with Crippen molar-refractivity contribution in [3.05, 3.63) is 52.7 Å². The molecule has 0 saturated carbocycles. The van der Waals surface area contributed by atoms with Crippen LogP contribution in [0.1, 0.15) is 25.8 Å². The second kappa shape index (κ2) is 5.95. The summed E-state index contributed by atoms with van der Waals surface area (Å²) in [6.07, 6.45) is 2.51. The molecule has 1 aromatic carbocycles. The number of allylic oxidation sites excluding steroid dienone is 1. The number of carbonyl (C=O) groups is 2. The van der Waals surface area contributed by atoms with Crippen LogP contribution in [0.5, 0.6) is 0 Å². The smallest absolute Gasteiger partial charge is 0.336 e. The molecule has 6 heteroatoms. The number of piperidine rings is 1. The highest BCUT2D eigenvalue weighted by Gasteiger charge is 2.67. The minimum Gasteiger partial charge on any atom is -0.466 e.